The van der Waals surface area contributed by atoms with Crippen molar-refractivity contribution in [2.45, 2.75) is 6.54 Å². The summed E-state index contributed by atoms with van der Waals surface area (Å²) in [6.45, 7) is 0.586. The maximum atomic E-state index is 13.7. The summed E-state index contributed by atoms with van der Waals surface area (Å²) in [5.74, 6) is -0.423. The lowest BCUT2D eigenvalue weighted by atomic mass is 10.1. The number of rotatable bonds is 4. The van der Waals surface area contributed by atoms with Crippen LogP contribution in [-0.4, -0.2) is 4.99 Å². The first-order chi connectivity index (χ1) is 9.06. The summed E-state index contributed by atoms with van der Waals surface area (Å²) in [6, 6.07) is 12.1. The number of benzene rings is 2. The maximum absolute atomic E-state index is 13.7. The summed E-state index contributed by atoms with van der Waals surface area (Å²) in [5, 5.41) is 3.81. The standard InChI is InChI=1S/C14H12ClFN2S/c15-10-3-1-9(2-4-10)8-18-11-5-6-12(14(17)19)13(16)7-11/h1-7,18H,8H2,(H2,17,19). The lowest BCUT2D eigenvalue weighted by Crippen LogP contribution is -2.12. The Balaban J connectivity index is 2.06. The fourth-order valence-corrected chi connectivity index (χ4v) is 1.92. The first-order valence-electron chi connectivity index (χ1n) is 5.64. The molecule has 2 aromatic carbocycles. The maximum Gasteiger partial charge on any atom is 0.135 e. The van der Waals surface area contributed by atoms with Crippen molar-refractivity contribution in [3.8, 4) is 0 Å². The van der Waals surface area contributed by atoms with Gasteiger partial charge in [0.05, 0.1) is 0 Å². The third kappa shape index (κ3) is 3.66. The Morgan fingerprint density at radius 3 is 2.47 bits per heavy atom. The highest BCUT2D eigenvalue weighted by molar-refractivity contribution is 7.80. The summed E-state index contributed by atoms with van der Waals surface area (Å²) in [5.41, 5.74) is 7.39. The molecule has 0 saturated heterocycles. The topological polar surface area (TPSA) is 38.0 Å². The monoisotopic (exact) mass is 294 g/mol. The molecule has 0 bridgehead atoms. The molecule has 0 aliphatic carbocycles. The van der Waals surface area contributed by atoms with Gasteiger partial charge in [-0.15, -0.1) is 0 Å². The molecule has 0 aliphatic heterocycles. The predicted octanol–water partition coefficient (Wildman–Crippen LogP) is 3.73. The number of thiocarbonyl (C=S) groups is 1. The molecule has 0 radical (unpaired) electrons. The summed E-state index contributed by atoms with van der Waals surface area (Å²) in [7, 11) is 0. The molecule has 3 N–H and O–H groups in total. The van der Waals surface area contributed by atoms with Gasteiger partial charge in [0.1, 0.15) is 10.8 Å². The van der Waals surface area contributed by atoms with E-state index in [2.05, 4.69) is 5.32 Å². The molecular formula is C14H12ClFN2S. The van der Waals surface area contributed by atoms with Gasteiger partial charge in [-0.1, -0.05) is 36.0 Å². The number of nitrogens with one attached hydrogen (secondary N) is 1. The number of halogens is 2. The molecule has 0 unspecified atom stereocenters. The van der Waals surface area contributed by atoms with E-state index in [0.717, 1.165) is 5.56 Å². The molecule has 0 atom stereocenters. The van der Waals surface area contributed by atoms with Gasteiger partial charge >= 0.3 is 0 Å². The molecule has 0 amide bonds. The van der Waals surface area contributed by atoms with E-state index in [-0.39, 0.29) is 10.6 Å². The molecule has 2 rings (SSSR count). The van der Waals surface area contributed by atoms with E-state index in [1.807, 2.05) is 24.3 Å². The van der Waals surface area contributed by atoms with Crippen LogP contribution in [0, 0.1) is 5.82 Å². The van der Waals surface area contributed by atoms with Gasteiger partial charge in [-0.25, -0.2) is 4.39 Å². The first-order valence-corrected chi connectivity index (χ1v) is 6.42. The second-order valence-electron chi connectivity index (χ2n) is 4.04. The minimum Gasteiger partial charge on any atom is -0.389 e. The molecule has 2 nitrogen and oxygen atoms in total. The van der Waals surface area contributed by atoms with E-state index in [9.17, 15) is 4.39 Å². The molecule has 0 heterocycles. The lowest BCUT2D eigenvalue weighted by molar-refractivity contribution is 0.626. The van der Waals surface area contributed by atoms with Gasteiger partial charge in [-0.2, -0.15) is 0 Å². The molecule has 19 heavy (non-hydrogen) atoms. The van der Waals surface area contributed by atoms with Gasteiger partial charge in [0, 0.05) is 22.8 Å². The van der Waals surface area contributed by atoms with Gasteiger partial charge in [-0.05, 0) is 35.9 Å². The smallest absolute Gasteiger partial charge is 0.135 e. The predicted molar refractivity (Wildman–Crippen MR) is 81.1 cm³/mol. The van der Waals surface area contributed by atoms with E-state index < -0.39 is 5.82 Å². The third-order valence-corrected chi connectivity index (χ3v) is 3.12. The van der Waals surface area contributed by atoms with Crippen molar-refractivity contribution in [3.05, 3.63) is 64.4 Å². The summed E-state index contributed by atoms with van der Waals surface area (Å²) in [6.07, 6.45) is 0. The third-order valence-electron chi connectivity index (χ3n) is 2.64. The van der Waals surface area contributed by atoms with Gasteiger partial charge < -0.3 is 11.1 Å². The van der Waals surface area contributed by atoms with E-state index in [1.165, 1.54) is 6.07 Å². The van der Waals surface area contributed by atoms with Gasteiger partial charge in [0.25, 0.3) is 0 Å². The number of nitrogens with two attached hydrogens (primary N) is 1. The van der Waals surface area contributed by atoms with E-state index in [1.54, 1.807) is 12.1 Å². The Labute approximate surface area is 121 Å². The Morgan fingerprint density at radius 1 is 1.21 bits per heavy atom. The van der Waals surface area contributed by atoms with Crippen LogP contribution in [0.1, 0.15) is 11.1 Å². The molecule has 0 aromatic heterocycles. The highest BCUT2D eigenvalue weighted by Gasteiger charge is 2.05. The second-order valence-corrected chi connectivity index (χ2v) is 4.92. The largest absolute Gasteiger partial charge is 0.389 e. The van der Waals surface area contributed by atoms with Crippen LogP contribution in [0.5, 0.6) is 0 Å². The normalized spacial score (nSPS) is 10.2. The van der Waals surface area contributed by atoms with Crippen molar-refractivity contribution in [2.75, 3.05) is 5.32 Å². The fraction of sp³-hybridized carbons (Fsp3) is 0.0714. The minimum atomic E-state index is -0.423. The van der Waals surface area contributed by atoms with Crippen molar-refractivity contribution in [1.29, 1.82) is 0 Å². The van der Waals surface area contributed by atoms with E-state index >= 15 is 0 Å². The molecule has 0 aliphatic rings. The van der Waals surface area contributed by atoms with Crippen molar-refractivity contribution in [2.24, 2.45) is 5.73 Å². The zero-order valence-corrected chi connectivity index (χ0v) is 11.6. The molecule has 0 saturated carbocycles. The highest BCUT2D eigenvalue weighted by Crippen LogP contribution is 2.16. The second kappa shape index (κ2) is 5.99. The van der Waals surface area contributed by atoms with Crippen molar-refractivity contribution in [3.63, 3.8) is 0 Å². The van der Waals surface area contributed by atoms with Crippen molar-refractivity contribution >= 4 is 34.5 Å². The van der Waals surface area contributed by atoms with Gasteiger partial charge in [0.2, 0.25) is 0 Å². The molecule has 5 heteroatoms. The van der Waals surface area contributed by atoms with Crippen LogP contribution in [0.15, 0.2) is 42.5 Å². The van der Waals surface area contributed by atoms with Crippen LogP contribution >= 0.6 is 23.8 Å². The van der Waals surface area contributed by atoms with Crippen molar-refractivity contribution < 1.29 is 4.39 Å². The van der Waals surface area contributed by atoms with E-state index in [4.69, 9.17) is 29.6 Å². The Kier molecular flexibility index (Phi) is 4.35. The van der Waals surface area contributed by atoms with Crippen LogP contribution in [0.25, 0.3) is 0 Å². The minimum absolute atomic E-state index is 0.0572. The zero-order chi connectivity index (χ0) is 13.8. The fourth-order valence-electron chi connectivity index (χ4n) is 1.63. The van der Waals surface area contributed by atoms with Crippen LogP contribution in [0.4, 0.5) is 10.1 Å². The highest BCUT2D eigenvalue weighted by atomic mass is 35.5. The molecular weight excluding hydrogens is 283 g/mol. The number of hydrogen-bond donors (Lipinski definition) is 2. The average molecular weight is 295 g/mol. The summed E-state index contributed by atoms with van der Waals surface area (Å²) < 4.78 is 13.7. The number of hydrogen-bond acceptors (Lipinski definition) is 2. The Hall–Kier alpha value is -1.65. The average Bonchev–Trinajstić information content (AvgIpc) is 2.37. The quantitative estimate of drug-likeness (QED) is 0.844. The first kappa shape index (κ1) is 13.8. The Bertz CT molecular complexity index is 599. The van der Waals surface area contributed by atoms with Gasteiger partial charge in [-0.3, -0.25) is 0 Å². The van der Waals surface area contributed by atoms with Crippen LogP contribution in [-0.2, 0) is 6.54 Å². The van der Waals surface area contributed by atoms with Crippen LogP contribution in [0.3, 0.4) is 0 Å². The number of anilines is 1. The molecule has 0 spiro atoms. The van der Waals surface area contributed by atoms with Crippen LogP contribution < -0.4 is 11.1 Å². The molecule has 98 valence electrons. The van der Waals surface area contributed by atoms with Crippen molar-refractivity contribution in [1.82, 2.24) is 0 Å². The Morgan fingerprint density at radius 2 is 1.89 bits per heavy atom. The molecule has 0 fully saturated rings. The zero-order valence-electron chi connectivity index (χ0n) is 9.99. The lowest BCUT2D eigenvalue weighted by Gasteiger charge is -2.08. The summed E-state index contributed by atoms with van der Waals surface area (Å²) >= 11 is 10.6. The van der Waals surface area contributed by atoms with Crippen LogP contribution in [0.2, 0.25) is 5.02 Å². The SMILES string of the molecule is NC(=S)c1ccc(NCc2ccc(Cl)cc2)cc1F. The van der Waals surface area contributed by atoms with Gasteiger partial charge in [0.15, 0.2) is 0 Å². The molecule has 2 aromatic rings. The summed E-state index contributed by atoms with van der Waals surface area (Å²) in [4.78, 5) is 0.0572. The van der Waals surface area contributed by atoms with E-state index in [0.29, 0.717) is 17.3 Å².